The van der Waals surface area contributed by atoms with Gasteiger partial charge in [-0.3, -0.25) is 19.4 Å². The van der Waals surface area contributed by atoms with Crippen molar-refractivity contribution in [2.24, 2.45) is 11.8 Å². The number of amides is 2. The number of nitrogens with one attached hydrogen (secondary N) is 1. The Morgan fingerprint density at radius 3 is 2.42 bits per heavy atom. The molecule has 180 valence electrons. The van der Waals surface area contributed by atoms with Crippen LogP contribution in [0.5, 0.6) is 5.75 Å². The third-order valence-corrected chi connectivity index (χ3v) is 6.51. The first-order valence-corrected chi connectivity index (χ1v) is 11.2. The van der Waals surface area contributed by atoms with E-state index in [9.17, 15) is 27.2 Å². The van der Waals surface area contributed by atoms with Crippen LogP contribution >= 0.6 is 0 Å². The molecule has 0 bridgehead atoms. The van der Waals surface area contributed by atoms with Crippen molar-refractivity contribution >= 4 is 11.8 Å². The van der Waals surface area contributed by atoms with Crippen LogP contribution in [0.1, 0.15) is 30.9 Å². The van der Waals surface area contributed by atoms with Crippen molar-refractivity contribution < 1.29 is 31.9 Å². The molecule has 4 rings (SSSR count). The van der Waals surface area contributed by atoms with Crippen molar-refractivity contribution in [2.45, 2.75) is 31.5 Å². The van der Waals surface area contributed by atoms with E-state index in [4.69, 9.17) is 4.74 Å². The molecule has 1 N–H and O–H groups in total. The van der Waals surface area contributed by atoms with E-state index in [-0.39, 0.29) is 35.4 Å². The fourth-order valence-electron chi connectivity index (χ4n) is 4.91. The number of hydrogen-bond donors (Lipinski definition) is 1. The summed E-state index contributed by atoms with van der Waals surface area (Å²) in [6, 6.07) is 3.32. The molecule has 2 heterocycles. The number of halogens is 4. The summed E-state index contributed by atoms with van der Waals surface area (Å²) in [5.74, 6) is -1.56. The van der Waals surface area contributed by atoms with Crippen LogP contribution in [0.3, 0.4) is 0 Å². The van der Waals surface area contributed by atoms with Crippen LogP contribution in [0.15, 0.2) is 30.4 Å². The van der Waals surface area contributed by atoms with Gasteiger partial charge in [0.2, 0.25) is 11.8 Å². The molecule has 3 unspecified atom stereocenters. The summed E-state index contributed by atoms with van der Waals surface area (Å²) in [4.78, 5) is 28.7. The van der Waals surface area contributed by atoms with Gasteiger partial charge < -0.3 is 10.1 Å². The van der Waals surface area contributed by atoms with Crippen molar-refractivity contribution in [3.05, 3.63) is 41.7 Å². The molecule has 3 atom stereocenters. The molecule has 0 saturated carbocycles. The molecule has 2 saturated heterocycles. The molecule has 6 nitrogen and oxygen atoms in total. The number of alkyl halides is 3. The normalized spacial score (nSPS) is 26.1. The average molecular weight is 469 g/mol. The Kier molecular flexibility index (Phi) is 7.04. The van der Waals surface area contributed by atoms with Gasteiger partial charge in [0.1, 0.15) is 11.6 Å². The number of benzene rings is 1. The van der Waals surface area contributed by atoms with E-state index >= 15 is 0 Å². The SMILES string of the molecule is O=C1C2CC=CCC2C(=O)N1CCCN1CCNCC1c1ccc(F)cc1OCC(F)(F)F. The van der Waals surface area contributed by atoms with Crippen LogP contribution in [0.4, 0.5) is 17.6 Å². The molecule has 10 heteroatoms. The quantitative estimate of drug-likeness (QED) is 0.378. The molecule has 1 aromatic carbocycles. The molecule has 0 spiro atoms. The Morgan fingerprint density at radius 2 is 1.76 bits per heavy atom. The van der Waals surface area contributed by atoms with Crippen LogP contribution < -0.4 is 10.1 Å². The van der Waals surface area contributed by atoms with Gasteiger partial charge in [-0.05, 0) is 25.3 Å². The minimum atomic E-state index is -4.53. The number of imide groups is 1. The first-order chi connectivity index (χ1) is 15.7. The summed E-state index contributed by atoms with van der Waals surface area (Å²) in [6.07, 6.45) is 1.09. The number of fused-ring (bicyclic) bond motifs is 1. The molecule has 3 aliphatic rings. The number of rotatable bonds is 7. The predicted molar refractivity (Wildman–Crippen MR) is 112 cm³/mol. The Hall–Kier alpha value is -2.46. The Bertz CT molecular complexity index is 895. The molecular formula is C23H27F4N3O3. The number of piperazine rings is 1. The fourth-order valence-corrected chi connectivity index (χ4v) is 4.91. The highest BCUT2D eigenvalue weighted by molar-refractivity contribution is 6.05. The Morgan fingerprint density at radius 1 is 1.06 bits per heavy atom. The Balaban J connectivity index is 1.41. The summed E-state index contributed by atoms with van der Waals surface area (Å²) in [5, 5.41) is 3.22. The van der Waals surface area contributed by atoms with Crippen molar-refractivity contribution in [1.82, 2.24) is 15.1 Å². The average Bonchev–Trinajstić information content (AvgIpc) is 3.03. The topological polar surface area (TPSA) is 61.9 Å². The second-order valence-electron chi connectivity index (χ2n) is 8.68. The minimum Gasteiger partial charge on any atom is -0.484 e. The summed E-state index contributed by atoms with van der Waals surface area (Å²) in [5.41, 5.74) is 0.471. The number of likely N-dealkylation sites (tertiary alicyclic amines) is 1. The maximum atomic E-state index is 13.7. The monoisotopic (exact) mass is 469 g/mol. The zero-order valence-corrected chi connectivity index (χ0v) is 18.1. The molecule has 0 radical (unpaired) electrons. The summed E-state index contributed by atoms with van der Waals surface area (Å²) < 4.78 is 56.7. The molecule has 2 amide bonds. The molecule has 33 heavy (non-hydrogen) atoms. The lowest BCUT2D eigenvalue weighted by Crippen LogP contribution is -2.47. The first-order valence-electron chi connectivity index (χ1n) is 11.2. The summed E-state index contributed by atoms with van der Waals surface area (Å²) >= 11 is 0. The van der Waals surface area contributed by atoms with Crippen LogP contribution in [-0.4, -0.2) is 67.1 Å². The second kappa shape index (κ2) is 9.80. The first kappa shape index (κ1) is 23.7. The fraction of sp³-hybridized carbons (Fsp3) is 0.565. The summed E-state index contributed by atoms with van der Waals surface area (Å²) in [7, 11) is 0. The van der Waals surface area contributed by atoms with Gasteiger partial charge in [0.25, 0.3) is 0 Å². The van der Waals surface area contributed by atoms with Crippen molar-refractivity contribution in [2.75, 3.05) is 39.3 Å². The van der Waals surface area contributed by atoms with Gasteiger partial charge >= 0.3 is 6.18 Å². The van der Waals surface area contributed by atoms with Crippen LogP contribution in [0.25, 0.3) is 0 Å². The maximum Gasteiger partial charge on any atom is 0.422 e. The number of nitrogens with zero attached hydrogens (tertiary/aromatic N) is 2. The third-order valence-electron chi connectivity index (χ3n) is 6.51. The molecular weight excluding hydrogens is 442 g/mol. The van der Waals surface area contributed by atoms with E-state index in [0.717, 1.165) is 6.07 Å². The van der Waals surface area contributed by atoms with Gasteiger partial charge in [-0.25, -0.2) is 4.39 Å². The van der Waals surface area contributed by atoms with E-state index in [1.807, 2.05) is 12.2 Å². The Labute approximate surface area is 189 Å². The van der Waals surface area contributed by atoms with E-state index in [0.29, 0.717) is 57.5 Å². The molecule has 0 aromatic heterocycles. The maximum absolute atomic E-state index is 13.7. The minimum absolute atomic E-state index is 0.118. The van der Waals surface area contributed by atoms with Gasteiger partial charge in [-0.1, -0.05) is 18.2 Å². The van der Waals surface area contributed by atoms with E-state index < -0.39 is 18.6 Å². The van der Waals surface area contributed by atoms with E-state index in [2.05, 4.69) is 10.2 Å². The van der Waals surface area contributed by atoms with Gasteiger partial charge in [0, 0.05) is 44.4 Å². The lowest BCUT2D eigenvalue weighted by atomic mass is 9.85. The third kappa shape index (κ3) is 5.38. The van der Waals surface area contributed by atoms with Crippen molar-refractivity contribution in [3.8, 4) is 5.75 Å². The molecule has 1 aliphatic carbocycles. The van der Waals surface area contributed by atoms with Gasteiger partial charge in [0.15, 0.2) is 6.61 Å². The van der Waals surface area contributed by atoms with Gasteiger partial charge in [0.05, 0.1) is 17.9 Å². The number of hydrogen-bond acceptors (Lipinski definition) is 5. The van der Waals surface area contributed by atoms with Gasteiger partial charge in [-0.2, -0.15) is 13.2 Å². The van der Waals surface area contributed by atoms with Gasteiger partial charge in [-0.15, -0.1) is 0 Å². The number of allylic oxidation sites excluding steroid dienone is 2. The number of carbonyl (C=O) groups is 2. The largest absolute Gasteiger partial charge is 0.484 e. The highest BCUT2D eigenvalue weighted by Gasteiger charge is 2.46. The standard InChI is InChI=1S/C23H27F4N3O3/c24-15-6-7-18(20(12-15)33-14-23(25,26)27)19-13-28-8-11-29(19)9-3-10-30-21(31)16-4-1-2-5-17(16)22(30)32/h1-2,6-7,12,16-17,19,28H,3-5,8-11,13-14H2. The lowest BCUT2D eigenvalue weighted by Gasteiger charge is -2.37. The highest BCUT2D eigenvalue weighted by atomic mass is 19.4. The van der Waals surface area contributed by atoms with Crippen molar-refractivity contribution in [1.29, 1.82) is 0 Å². The number of ether oxygens (including phenoxy) is 1. The zero-order valence-electron chi connectivity index (χ0n) is 18.1. The van der Waals surface area contributed by atoms with E-state index in [1.165, 1.54) is 17.0 Å². The number of carbonyl (C=O) groups excluding carboxylic acids is 2. The van der Waals surface area contributed by atoms with Crippen LogP contribution in [-0.2, 0) is 9.59 Å². The molecule has 2 fully saturated rings. The van der Waals surface area contributed by atoms with Crippen LogP contribution in [0, 0.1) is 17.7 Å². The second-order valence-corrected chi connectivity index (χ2v) is 8.68. The highest BCUT2D eigenvalue weighted by Crippen LogP contribution is 2.36. The molecule has 1 aromatic rings. The van der Waals surface area contributed by atoms with Crippen LogP contribution in [0.2, 0.25) is 0 Å². The smallest absolute Gasteiger partial charge is 0.422 e. The van der Waals surface area contributed by atoms with Crippen molar-refractivity contribution in [3.63, 3.8) is 0 Å². The summed E-state index contributed by atoms with van der Waals surface area (Å²) in [6.45, 7) is 1.12. The predicted octanol–water partition coefficient (Wildman–Crippen LogP) is 3.05. The molecule has 2 aliphatic heterocycles. The zero-order chi connectivity index (χ0) is 23.6. The van der Waals surface area contributed by atoms with E-state index in [1.54, 1.807) is 0 Å². The lowest BCUT2D eigenvalue weighted by molar-refractivity contribution is -0.153.